The normalized spacial score (nSPS) is 23.4. The Morgan fingerprint density at radius 1 is 1.15 bits per heavy atom. The van der Waals surface area contributed by atoms with Gasteiger partial charge in [-0.15, -0.1) is 11.8 Å². The second-order valence-electron chi connectivity index (χ2n) is 6.04. The lowest BCUT2D eigenvalue weighted by Crippen LogP contribution is -2.45. The molecule has 3 heteroatoms. The maximum absolute atomic E-state index is 12.3. The minimum Gasteiger partial charge on any atom is -0.342 e. The summed E-state index contributed by atoms with van der Waals surface area (Å²) in [4.78, 5) is 15.8. The maximum Gasteiger partial charge on any atom is 0.225 e. The first-order valence-corrected chi connectivity index (χ1v) is 8.78. The number of amides is 1. The van der Waals surface area contributed by atoms with Gasteiger partial charge in [-0.2, -0.15) is 0 Å². The number of likely N-dealkylation sites (tertiary alicyclic amines) is 1. The third kappa shape index (κ3) is 3.38. The van der Waals surface area contributed by atoms with Gasteiger partial charge in [-0.3, -0.25) is 4.79 Å². The van der Waals surface area contributed by atoms with Crippen molar-refractivity contribution in [3.63, 3.8) is 0 Å². The number of carbonyl (C=O) groups is 1. The van der Waals surface area contributed by atoms with Crippen molar-refractivity contribution < 1.29 is 4.79 Å². The van der Waals surface area contributed by atoms with Crippen LogP contribution in [0.4, 0.5) is 0 Å². The third-order valence-electron chi connectivity index (χ3n) is 4.51. The highest BCUT2D eigenvalue weighted by molar-refractivity contribution is 7.99. The smallest absolute Gasteiger partial charge is 0.225 e. The van der Waals surface area contributed by atoms with Crippen LogP contribution in [0.15, 0.2) is 35.2 Å². The van der Waals surface area contributed by atoms with Crippen LogP contribution in [0, 0.1) is 11.8 Å². The Hall–Kier alpha value is -0.960. The van der Waals surface area contributed by atoms with E-state index < -0.39 is 0 Å². The molecule has 2 fully saturated rings. The number of piperidine rings is 1. The summed E-state index contributed by atoms with van der Waals surface area (Å²) in [5.41, 5.74) is 0. The highest BCUT2D eigenvalue weighted by atomic mass is 32.2. The second-order valence-corrected chi connectivity index (χ2v) is 7.14. The summed E-state index contributed by atoms with van der Waals surface area (Å²) < 4.78 is 0. The van der Waals surface area contributed by atoms with E-state index in [4.69, 9.17) is 0 Å². The molecule has 1 aliphatic carbocycles. The van der Waals surface area contributed by atoms with Crippen molar-refractivity contribution in [1.29, 1.82) is 0 Å². The number of hydrogen-bond donors (Lipinski definition) is 0. The Labute approximate surface area is 125 Å². The van der Waals surface area contributed by atoms with Crippen molar-refractivity contribution >= 4 is 17.7 Å². The first-order valence-electron chi connectivity index (χ1n) is 7.79. The van der Waals surface area contributed by atoms with E-state index in [-0.39, 0.29) is 0 Å². The van der Waals surface area contributed by atoms with Gasteiger partial charge in [-0.25, -0.2) is 0 Å². The molecule has 1 heterocycles. The van der Waals surface area contributed by atoms with E-state index in [1.54, 1.807) is 0 Å². The molecular weight excluding hydrogens is 266 g/mol. The summed E-state index contributed by atoms with van der Waals surface area (Å²) in [7, 11) is 0. The van der Waals surface area contributed by atoms with E-state index in [2.05, 4.69) is 35.2 Å². The number of rotatable bonds is 4. The molecule has 1 amide bonds. The van der Waals surface area contributed by atoms with Gasteiger partial charge in [0, 0.05) is 29.7 Å². The Morgan fingerprint density at radius 3 is 2.65 bits per heavy atom. The summed E-state index contributed by atoms with van der Waals surface area (Å²) in [5, 5.41) is 0. The zero-order chi connectivity index (χ0) is 13.8. The molecule has 1 unspecified atom stereocenters. The van der Waals surface area contributed by atoms with Crippen molar-refractivity contribution in [2.45, 2.75) is 37.0 Å². The molecule has 0 bridgehead atoms. The van der Waals surface area contributed by atoms with Crippen molar-refractivity contribution in [3.8, 4) is 0 Å². The number of carbonyl (C=O) groups excluding carboxylic acids is 1. The van der Waals surface area contributed by atoms with E-state index in [0.717, 1.165) is 31.7 Å². The molecule has 1 saturated carbocycles. The summed E-state index contributed by atoms with van der Waals surface area (Å²) in [5.74, 6) is 2.59. The van der Waals surface area contributed by atoms with Gasteiger partial charge >= 0.3 is 0 Å². The van der Waals surface area contributed by atoms with Crippen molar-refractivity contribution in [2.24, 2.45) is 11.8 Å². The molecule has 0 spiro atoms. The maximum atomic E-state index is 12.3. The van der Waals surface area contributed by atoms with E-state index in [9.17, 15) is 4.79 Å². The largest absolute Gasteiger partial charge is 0.342 e. The molecule has 3 rings (SSSR count). The zero-order valence-electron chi connectivity index (χ0n) is 12.0. The molecule has 2 aliphatic rings. The molecule has 1 aromatic carbocycles. The van der Waals surface area contributed by atoms with Gasteiger partial charge < -0.3 is 4.90 Å². The van der Waals surface area contributed by atoms with Gasteiger partial charge in [0.1, 0.15) is 0 Å². The molecule has 0 radical (unpaired) electrons. The van der Waals surface area contributed by atoms with E-state index >= 15 is 0 Å². The summed E-state index contributed by atoms with van der Waals surface area (Å²) >= 11 is 1.93. The molecule has 108 valence electrons. The Kier molecular flexibility index (Phi) is 4.66. The average molecular weight is 289 g/mol. The topological polar surface area (TPSA) is 20.3 Å². The number of benzene rings is 1. The zero-order valence-corrected chi connectivity index (χ0v) is 12.8. The summed E-state index contributed by atoms with van der Waals surface area (Å²) in [6.07, 6.45) is 5.95. The molecule has 1 aliphatic heterocycles. The molecule has 1 atom stereocenters. The van der Waals surface area contributed by atoms with Crippen molar-refractivity contribution in [3.05, 3.63) is 30.3 Å². The summed E-state index contributed by atoms with van der Waals surface area (Å²) in [6.45, 7) is 1.97. The van der Waals surface area contributed by atoms with Crippen LogP contribution in [-0.4, -0.2) is 29.6 Å². The van der Waals surface area contributed by atoms with Crippen molar-refractivity contribution in [2.75, 3.05) is 18.8 Å². The molecule has 20 heavy (non-hydrogen) atoms. The monoisotopic (exact) mass is 289 g/mol. The summed E-state index contributed by atoms with van der Waals surface area (Å²) in [6, 6.07) is 10.6. The first-order chi connectivity index (χ1) is 9.83. The van der Waals surface area contributed by atoms with Crippen molar-refractivity contribution in [1.82, 2.24) is 4.90 Å². The first kappa shape index (κ1) is 14.0. The fraction of sp³-hybridized carbons (Fsp3) is 0.588. The lowest BCUT2D eigenvalue weighted by Gasteiger charge is -2.37. The third-order valence-corrected chi connectivity index (χ3v) is 5.76. The van der Waals surface area contributed by atoms with Gasteiger partial charge in [0.2, 0.25) is 5.91 Å². The Morgan fingerprint density at radius 2 is 1.95 bits per heavy atom. The predicted octanol–water partition coefficient (Wildman–Crippen LogP) is 3.82. The van der Waals surface area contributed by atoms with E-state index in [1.165, 1.54) is 24.2 Å². The predicted molar refractivity (Wildman–Crippen MR) is 83.8 cm³/mol. The van der Waals surface area contributed by atoms with E-state index in [1.807, 2.05) is 11.8 Å². The van der Waals surface area contributed by atoms with Crippen LogP contribution in [0.1, 0.15) is 32.1 Å². The molecular formula is C17H23NOS. The molecule has 1 saturated heterocycles. The van der Waals surface area contributed by atoms with Crippen LogP contribution in [0.25, 0.3) is 0 Å². The fourth-order valence-corrected chi connectivity index (χ4v) is 4.10. The van der Waals surface area contributed by atoms with Crippen LogP contribution >= 0.6 is 11.8 Å². The standard InChI is InChI=1S/C17H23NOS/c19-17(15-7-4-8-15)18-11-5-6-14(12-18)13-20-16-9-2-1-3-10-16/h1-3,9-10,14-15H,4-8,11-13H2. The quantitative estimate of drug-likeness (QED) is 0.785. The van der Waals surface area contributed by atoms with Gasteiger partial charge in [-0.05, 0) is 43.7 Å². The van der Waals surface area contributed by atoms with Crippen LogP contribution < -0.4 is 0 Å². The molecule has 2 nitrogen and oxygen atoms in total. The van der Waals surface area contributed by atoms with E-state index in [0.29, 0.717) is 17.7 Å². The van der Waals surface area contributed by atoms with Gasteiger partial charge in [0.05, 0.1) is 0 Å². The lowest BCUT2D eigenvalue weighted by atomic mass is 9.83. The highest BCUT2D eigenvalue weighted by Gasteiger charge is 2.32. The van der Waals surface area contributed by atoms with Crippen LogP contribution in [-0.2, 0) is 4.79 Å². The van der Waals surface area contributed by atoms with Gasteiger partial charge in [0.25, 0.3) is 0 Å². The van der Waals surface area contributed by atoms with Crippen LogP contribution in [0.3, 0.4) is 0 Å². The van der Waals surface area contributed by atoms with Crippen LogP contribution in [0.2, 0.25) is 0 Å². The van der Waals surface area contributed by atoms with Gasteiger partial charge in [-0.1, -0.05) is 24.6 Å². The minimum atomic E-state index is 0.357. The highest BCUT2D eigenvalue weighted by Crippen LogP contribution is 2.31. The fourth-order valence-electron chi connectivity index (χ4n) is 3.05. The second kappa shape index (κ2) is 6.66. The molecule has 1 aromatic rings. The number of thioether (sulfide) groups is 1. The number of hydrogen-bond acceptors (Lipinski definition) is 2. The Balaban J connectivity index is 1.49. The number of nitrogens with zero attached hydrogens (tertiary/aromatic N) is 1. The lowest BCUT2D eigenvalue weighted by molar-refractivity contribution is -0.139. The molecule has 0 N–H and O–H groups in total. The van der Waals surface area contributed by atoms with Gasteiger partial charge in [0.15, 0.2) is 0 Å². The minimum absolute atomic E-state index is 0.357. The Bertz CT molecular complexity index is 444. The van der Waals surface area contributed by atoms with Crippen LogP contribution in [0.5, 0.6) is 0 Å². The average Bonchev–Trinajstić information content (AvgIpc) is 2.45. The SMILES string of the molecule is O=C(C1CCC1)N1CCCC(CSc2ccccc2)C1. The molecule has 0 aromatic heterocycles.